The number of rotatable bonds is 7. The van der Waals surface area contributed by atoms with E-state index in [0.717, 1.165) is 12.3 Å². The van der Waals surface area contributed by atoms with Gasteiger partial charge in [0.25, 0.3) is 0 Å². The van der Waals surface area contributed by atoms with Gasteiger partial charge in [-0.25, -0.2) is 0 Å². The first-order valence-electron chi connectivity index (χ1n) is 5.68. The van der Waals surface area contributed by atoms with Gasteiger partial charge in [0.1, 0.15) is 12.4 Å². The summed E-state index contributed by atoms with van der Waals surface area (Å²) < 4.78 is 5.55. The molecule has 1 aromatic carbocycles. The first-order chi connectivity index (χ1) is 8.08. The first kappa shape index (κ1) is 13.5. The minimum Gasteiger partial charge on any atom is -0.492 e. The van der Waals surface area contributed by atoms with Crippen molar-refractivity contribution in [1.29, 1.82) is 0 Å². The molecule has 1 N–H and O–H groups in total. The van der Waals surface area contributed by atoms with E-state index in [4.69, 9.17) is 9.84 Å². The molecule has 0 aliphatic rings. The number of ether oxygens (including phenoxy) is 1. The Labute approximate surface area is 102 Å². The summed E-state index contributed by atoms with van der Waals surface area (Å²) in [6.45, 7) is 3.87. The van der Waals surface area contributed by atoms with Crippen LogP contribution in [0.2, 0.25) is 0 Å². The van der Waals surface area contributed by atoms with Gasteiger partial charge in [0, 0.05) is 13.1 Å². The number of nitrogens with zero attached hydrogens (tertiary/aromatic N) is 1. The van der Waals surface area contributed by atoms with Crippen molar-refractivity contribution in [2.45, 2.75) is 13.3 Å². The van der Waals surface area contributed by atoms with Gasteiger partial charge in [0.05, 0.1) is 6.42 Å². The summed E-state index contributed by atoms with van der Waals surface area (Å²) in [7, 11) is 1.89. The number of likely N-dealkylation sites (N-methyl/N-ethyl adjacent to an activating group) is 1. The van der Waals surface area contributed by atoms with Gasteiger partial charge < -0.3 is 14.7 Å². The number of benzene rings is 1. The number of carbonyl (C=O) groups is 1. The predicted molar refractivity (Wildman–Crippen MR) is 66.4 cm³/mol. The van der Waals surface area contributed by atoms with E-state index >= 15 is 0 Å². The molecule has 0 amide bonds. The van der Waals surface area contributed by atoms with Gasteiger partial charge in [-0.3, -0.25) is 4.79 Å². The lowest BCUT2D eigenvalue weighted by Crippen LogP contribution is -2.26. The van der Waals surface area contributed by atoms with Crippen molar-refractivity contribution in [3.05, 3.63) is 29.8 Å². The molecular formula is C13H19NO3. The monoisotopic (exact) mass is 237 g/mol. The normalized spacial score (nSPS) is 10.5. The molecule has 0 radical (unpaired) electrons. The van der Waals surface area contributed by atoms with Crippen LogP contribution in [-0.2, 0) is 4.79 Å². The Morgan fingerprint density at radius 3 is 2.53 bits per heavy atom. The van der Waals surface area contributed by atoms with E-state index in [1.165, 1.54) is 5.56 Å². The number of carboxylic acid groups (broad SMARTS) is 1. The van der Waals surface area contributed by atoms with Crippen molar-refractivity contribution in [3.8, 4) is 5.75 Å². The van der Waals surface area contributed by atoms with Crippen LogP contribution in [-0.4, -0.2) is 42.7 Å². The van der Waals surface area contributed by atoms with Crippen LogP contribution in [0.4, 0.5) is 0 Å². The molecule has 0 saturated carbocycles. The average Bonchev–Trinajstić information content (AvgIpc) is 2.29. The number of hydrogen-bond donors (Lipinski definition) is 1. The Balaban J connectivity index is 2.18. The van der Waals surface area contributed by atoms with Crippen LogP contribution >= 0.6 is 0 Å². The minimum absolute atomic E-state index is 0.168. The Morgan fingerprint density at radius 1 is 1.29 bits per heavy atom. The van der Waals surface area contributed by atoms with Crippen LogP contribution < -0.4 is 4.74 Å². The smallest absolute Gasteiger partial charge is 0.304 e. The number of hydrogen-bond acceptors (Lipinski definition) is 3. The third-order valence-corrected chi connectivity index (χ3v) is 2.47. The molecule has 0 unspecified atom stereocenters. The molecule has 17 heavy (non-hydrogen) atoms. The molecule has 1 rings (SSSR count). The second kappa shape index (κ2) is 6.91. The lowest BCUT2D eigenvalue weighted by Gasteiger charge is -2.15. The van der Waals surface area contributed by atoms with Gasteiger partial charge in [-0.1, -0.05) is 17.7 Å². The van der Waals surface area contributed by atoms with Crippen molar-refractivity contribution in [2.75, 3.05) is 26.7 Å². The van der Waals surface area contributed by atoms with Crippen molar-refractivity contribution >= 4 is 5.97 Å². The Morgan fingerprint density at radius 2 is 1.94 bits per heavy atom. The zero-order chi connectivity index (χ0) is 12.7. The Bertz CT molecular complexity index is 348. The fraction of sp³-hybridized carbons (Fsp3) is 0.462. The van der Waals surface area contributed by atoms with E-state index in [9.17, 15) is 4.79 Å². The maximum absolute atomic E-state index is 10.4. The first-order valence-corrected chi connectivity index (χ1v) is 5.68. The SMILES string of the molecule is Cc1ccc(OCCN(C)CCC(=O)O)cc1. The predicted octanol–water partition coefficient (Wildman–Crippen LogP) is 1.78. The lowest BCUT2D eigenvalue weighted by molar-refractivity contribution is -0.137. The fourth-order valence-corrected chi connectivity index (χ4v) is 1.35. The molecule has 0 fully saturated rings. The molecule has 0 saturated heterocycles. The number of aryl methyl sites for hydroxylation is 1. The van der Waals surface area contributed by atoms with Gasteiger partial charge in [0.2, 0.25) is 0 Å². The molecule has 0 spiro atoms. The second-order valence-corrected chi connectivity index (χ2v) is 4.11. The summed E-state index contributed by atoms with van der Waals surface area (Å²) in [5.41, 5.74) is 1.20. The van der Waals surface area contributed by atoms with E-state index in [1.54, 1.807) is 0 Å². The van der Waals surface area contributed by atoms with Gasteiger partial charge in [0.15, 0.2) is 0 Å². The van der Waals surface area contributed by atoms with E-state index in [1.807, 2.05) is 43.1 Å². The lowest BCUT2D eigenvalue weighted by atomic mass is 10.2. The van der Waals surface area contributed by atoms with Gasteiger partial charge >= 0.3 is 5.97 Å². The highest BCUT2D eigenvalue weighted by molar-refractivity contribution is 5.66. The zero-order valence-electron chi connectivity index (χ0n) is 10.3. The third-order valence-electron chi connectivity index (χ3n) is 2.47. The van der Waals surface area contributed by atoms with Crippen molar-refractivity contribution in [3.63, 3.8) is 0 Å². The summed E-state index contributed by atoms with van der Waals surface area (Å²) in [6.07, 6.45) is 0.168. The molecule has 0 bridgehead atoms. The van der Waals surface area contributed by atoms with Crippen molar-refractivity contribution in [1.82, 2.24) is 4.90 Å². The van der Waals surface area contributed by atoms with E-state index in [2.05, 4.69) is 0 Å². The summed E-state index contributed by atoms with van der Waals surface area (Å²) in [5, 5.41) is 8.53. The van der Waals surface area contributed by atoms with Crippen LogP contribution in [0, 0.1) is 6.92 Å². The van der Waals surface area contributed by atoms with E-state index in [-0.39, 0.29) is 6.42 Å². The highest BCUT2D eigenvalue weighted by Gasteiger charge is 2.02. The molecule has 4 nitrogen and oxygen atoms in total. The van der Waals surface area contributed by atoms with Gasteiger partial charge in [-0.05, 0) is 26.1 Å². The van der Waals surface area contributed by atoms with Crippen LogP contribution in [0.1, 0.15) is 12.0 Å². The maximum Gasteiger partial charge on any atom is 0.304 e. The van der Waals surface area contributed by atoms with Crippen LogP contribution in [0.5, 0.6) is 5.75 Å². The van der Waals surface area contributed by atoms with Crippen LogP contribution in [0.25, 0.3) is 0 Å². The minimum atomic E-state index is -0.767. The molecule has 0 aliphatic carbocycles. The molecule has 0 aromatic heterocycles. The fourth-order valence-electron chi connectivity index (χ4n) is 1.35. The highest BCUT2D eigenvalue weighted by Crippen LogP contribution is 2.10. The second-order valence-electron chi connectivity index (χ2n) is 4.11. The topological polar surface area (TPSA) is 49.8 Å². The number of carboxylic acids is 1. The van der Waals surface area contributed by atoms with Crippen molar-refractivity contribution < 1.29 is 14.6 Å². The molecule has 0 aliphatic heterocycles. The Kier molecular flexibility index (Phi) is 5.49. The highest BCUT2D eigenvalue weighted by atomic mass is 16.5. The average molecular weight is 237 g/mol. The van der Waals surface area contributed by atoms with Crippen LogP contribution in [0.3, 0.4) is 0 Å². The zero-order valence-corrected chi connectivity index (χ0v) is 10.3. The molecular weight excluding hydrogens is 218 g/mol. The molecule has 94 valence electrons. The van der Waals surface area contributed by atoms with Gasteiger partial charge in [-0.2, -0.15) is 0 Å². The van der Waals surface area contributed by atoms with Gasteiger partial charge in [-0.15, -0.1) is 0 Å². The molecule has 0 atom stereocenters. The molecule has 0 heterocycles. The quantitative estimate of drug-likeness (QED) is 0.785. The summed E-state index contributed by atoms with van der Waals surface area (Å²) in [5.74, 6) is 0.0820. The van der Waals surface area contributed by atoms with E-state index in [0.29, 0.717) is 13.2 Å². The molecule has 4 heteroatoms. The largest absolute Gasteiger partial charge is 0.492 e. The van der Waals surface area contributed by atoms with E-state index < -0.39 is 5.97 Å². The standard InChI is InChI=1S/C13H19NO3/c1-11-3-5-12(6-4-11)17-10-9-14(2)8-7-13(15)16/h3-6H,7-10H2,1-2H3,(H,15,16). The summed E-state index contributed by atoms with van der Waals surface area (Å²) in [6, 6.07) is 7.88. The van der Waals surface area contributed by atoms with Crippen LogP contribution in [0.15, 0.2) is 24.3 Å². The maximum atomic E-state index is 10.4. The summed E-state index contributed by atoms with van der Waals surface area (Å²) in [4.78, 5) is 12.3. The van der Waals surface area contributed by atoms with Crippen molar-refractivity contribution in [2.24, 2.45) is 0 Å². The third kappa shape index (κ3) is 5.92. The molecule has 1 aromatic rings. The number of aliphatic carboxylic acids is 1. The Hall–Kier alpha value is -1.55. The summed E-state index contributed by atoms with van der Waals surface area (Å²) >= 11 is 0.